The van der Waals surface area contributed by atoms with Crippen LogP contribution in [-0.2, 0) is 4.79 Å². The number of oxime groups is 1. The Hall–Kier alpha value is -3.02. The molecule has 114 valence electrons. The number of nitrogens with zero attached hydrogens (tertiary/aromatic N) is 1. The molecule has 0 spiro atoms. The minimum absolute atomic E-state index is 0.150. The molecule has 0 bridgehead atoms. The average molecular weight is 300 g/mol. The van der Waals surface area contributed by atoms with Crippen LogP contribution in [-0.4, -0.2) is 31.0 Å². The van der Waals surface area contributed by atoms with Gasteiger partial charge in [-0.25, -0.2) is 0 Å². The second-order valence-electron chi connectivity index (χ2n) is 4.35. The average Bonchev–Trinajstić information content (AvgIpc) is 2.55. The number of amides is 1. The van der Waals surface area contributed by atoms with Gasteiger partial charge in [-0.15, -0.1) is 0 Å². The molecule has 0 aliphatic rings. The number of para-hydroxylation sites is 1. The number of methoxy groups -OCH3 is 1. The van der Waals surface area contributed by atoms with Gasteiger partial charge in [-0.3, -0.25) is 4.79 Å². The highest BCUT2D eigenvalue weighted by Crippen LogP contribution is 2.17. The number of rotatable bonds is 6. The van der Waals surface area contributed by atoms with Gasteiger partial charge < -0.3 is 20.0 Å². The van der Waals surface area contributed by atoms with Gasteiger partial charge >= 0.3 is 0 Å². The molecule has 1 amide bonds. The number of hydrogen-bond donors (Lipinski definition) is 2. The van der Waals surface area contributed by atoms with Crippen LogP contribution in [0.1, 0.15) is 5.56 Å². The first kappa shape index (κ1) is 15.4. The Morgan fingerprint density at radius 3 is 2.64 bits per heavy atom. The molecule has 0 aromatic heterocycles. The van der Waals surface area contributed by atoms with E-state index in [0.717, 1.165) is 0 Å². The van der Waals surface area contributed by atoms with Gasteiger partial charge in [0.15, 0.2) is 6.61 Å². The Morgan fingerprint density at radius 2 is 1.95 bits per heavy atom. The molecule has 0 atom stereocenters. The fraction of sp³-hybridized carbons (Fsp3) is 0.125. The van der Waals surface area contributed by atoms with Crippen molar-refractivity contribution in [1.82, 2.24) is 0 Å². The number of benzene rings is 2. The van der Waals surface area contributed by atoms with Crippen molar-refractivity contribution >= 4 is 17.8 Å². The lowest BCUT2D eigenvalue weighted by atomic mass is 10.2. The maximum absolute atomic E-state index is 11.9. The van der Waals surface area contributed by atoms with Crippen molar-refractivity contribution in [3.05, 3.63) is 54.1 Å². The van der Waals surface area contributed by atoms with Crippen molar-refractivity contribution in [2.45, 2.75) is 0 Å². The number of anilines is 1. The van der Waals surface area contributed by atoms with Gasteiger partial charge in [0.1, 0.15) is 11.5 Å². The Bertz CT molecular complexity index is 653. The van der Waals surface area contributed by atoms with E-state index in [9.17, 15) is 4.79 Å². The van der Waals surface area contributed by atoms with E-state index in [-0.39, 0.29) is 12.5 Å². The van der Waals surface area contributed by atoms with E-state index >= 15 is 0 Å². The molecular weight excluding hydrogens is 284 g/mol. The second kappa shape index (κ2) is 7.68. The molecule has 2 aromatic rings. The number of ether oxygens (including phenoxy) is 2. The highest BCUT2D eigenvalue weighted by atomic mass is 16.5. The predicted molar refractivity (Wildman–Crippen MR) is 82.9 cm³/mol. The largest absolute Gasteiger partial charge is 0.497 e. The lowest BCUT2D eigenvalue weighted by molar-refractivity contribution is -0.118. The third kappa shape index (κ3) is 4.24. The molecule has 2 aromatic carbocycles. The van der Waals surface area contributed by atoms with Crippen LogP contribution >= 0.6 is 0 Å². The topological polar surface area (TPSA) is 80.2 Å². The van der Waals surface area contributed by atoms with Crippen LogP contribution < -0.4 is 14.8 Å². The first-order chi connectivity index (χ1) is 10.7. The van der Waals surface area contributed by atoms with Gasteiger partial charge in [-0.05, 0) is 36.4 Å². The molecule has 0 unspecified atom stereocenters. The first-order valence-electron chi connectivity index (χ1n) is 6.56. The van der Waals surface area contributed by atoms with Crippen molar-refractivity contribution in [1.29, 1.82) is 0 Å². The molecule has 2 N–H and O–H groups in total. The highest BCUT2D eigenvalue weighted by molar-refractivity contribution is 5.92. The number of hydrogen-bond acceptors (Lipinski definition) is 5. The first-order valence-corrected chi connectivity index (χ1v) is 6.56. The molecule has 6 nitrogen and oxygen atoms in total. The molecule has 6 heteroatoms. The van der Waals surface area contributed by atoms with E-state index in [1.54, 1.807) is 55.6 Å². The quantitative estimate of drug-likeness (QED) is 0.488. The van der Waals surface area contributed by atoms with E-state index in [0.29, 0.717) is 22.7 Å². The van der Waals surface area contributed by atoms with Crippen LogP contribution in [0.25, 0.3) is 0 Å². The molecule has 0 saturated heterocycles. The Kier molecular flexibility index (Phi) is 5.37. The van der Waals surface area contributed by atoms with E-state index in [1.807, 2.05) is 0 Å². The molecule has 0 radical (unpaired) electrons. The van der Waals surface area contributed by atoms with Crippen LogP contribution in [0.3, 0.4) is 0 Å². The summed E-state index contributed by atoms with van der Waals surface area (Å²) in [6.45, 7) is -0.150. The Balaban J connectivity index is 1.92. The van der Waals surface area contributed by atoms with E-state index in [1.165, 1.54) is 6.21 Å². The normalized spacial score (nSPS) is 10.4. The fourth-order valence-corrected chi connectivity index (χ4v) is 1.80. The molecule has 2 rings (SSSR count). The monoisotopic (exact) mass is 300 g/mol. The van der Waals surface area contributed by atoms with Gasteiger partial charge in [-0.1, -0.05) is 17.3 Å². The summed E-state index contributed by atoms with van der Waals surface area (Å²) in [4.78, 5) is 11.9. The summed E-state index contributed by atoms with van der Waals surface area (Å²) in [7, 11) is 1.58. The smallest absolute Gasteiger partial charge is 0.262 e. The summed E-state index contributed by atoms with van der Waals surface area (Å²) in [5.74, 6) is 0.887. The van der Waals surface area contributed by atoms with Crippen molar-refractivity contribution in [3.8, 4) is 11.5 Å². The van der Waals surface area contributed by atoms with Crippen molar-refractivity contribution in [2.75, 3.05) is 19.0 Å². The van der Waals surface area contributed by atoms with E-state index in [4.69, 9.17) is 14.7 Å². The maximum atomic E-state index is 11.9. The maximum Gasteiger partial charge on any atom is 0.262 e. The highest BCUT2D eigenvalue weighted by Gasteiger charge is 2.06. The molecule has 0 aliphatic carbocycles. The molecule has 0 aliphatic heterocycles. The fourth-order valence-electron chi connectivity index (χ4n) is 1.80. The predicted octanol–water partition coefficient (Wildman–Crippen LogP) is 2.52. The van der Waals surface area contributed by atoms with Gasteiger partial charge in [0.2, 0.25) is 0 Å². The number of nitrogens with one attached hydrogen (secondary N) is 1. The summed E-state index contributed by atoms with van der Waals surface area (Å²) >= 11 is 0. The Morgan fingerprint density at radius 1 is 1.23 bits per heavy atom. The molecular formula is C16H16N2O4. The lowest BCUT2D eigenvalue weighted by Gasteiger charge is -2.09. The van der Waals surface area contributed by atoms with Crippen LogP contribution in [0.5, 0.6) is 11.5 Å². The zero-order valence-corrected chi connectivity index (χ0v) is 12.0. The van der Waals surface area contributed by atoms with E-state index < -0.39 is 0 Å². The standard InChI is InChI=1S/C16H16N2O4/c1-21-14-8-6-13(7-9-14)18-16(19)11-22-15-5-3-2-4-12(15)10-17-20/h2-10,20H,11H2,1H3,(H,18,19)/b17-10+. The zero-order chi connectivity index (χ0) is 15.8. The SMILES string of the molecule is COc1ccc(NC(=O)COc2ccccc2/C=N/O)cc1. The Labute approximate surface area is 128 Å². The second-order valence-corrected chi connectivity index (χ2v) is 4.35. The minimum atomic E-state index is -0.291. The summed E-state index contributed by atoms with van der Waals surface area (Å²) < 4.78 is 10.5. The van der Waals surface area contributed by atoms with Crippen LogP contribution in [0.15, 0.2) is 53.7 Å². The van der Waals surface area contributed by atoms with Crippen molar-refractivity contribution < 1.29 is 19.5 Å². The molecule has 0 saturated carbocycles. The van der Waals surface area contributed by atoms with Gasteiger partial charge in [0.05, 0.1) is 13.3 Å². The summed E-state index contributed by atoms with van der Waals surface area (Å²) in [5.41, 5.74) is 1.24. The third-order valence-electron chi connectivity index (χ3n) is 2.85. The summed E-state index contributed by atoms with van der Waals surface area (Å²) in [6, 6.07) is 13.9. The lowest BCUT2D eigenvalue weighted by Crippen LogP contribution is -2.20. The molecule has 0 fully saturated rings. The van der Waals surface area contributed by atoms with Gasteiger partial charge in [0.25, 0.3) is 5.91 Å². The van der Waals surface area contributed by atoms with Crippen LogP contribution in [0, 0.1) is 0 Å². The van der Waals surface area contributed by atoms with Gasteiger partial charge in [-0.2, -0.15) is 0 Å². The minimum Gasteiger partial charge on any atom is -0.497 e. The van der Waals surface area contributed by atoms with E-state index in [2.05, 4.69) is 10.5 Å². The number of carbonyl (C=O) groups excluding carboxylic acids is 1. The molecule has 22 heavy (non-hydrogen) atoms. The van der Waals surface area contributed by atoms with Crippen molar-refractivity contribution in [2.24, 2.45) is 5.16 Å². The van der Waals surface area contributed by atoms with Crippen molar-refractivity contribution in [3.63, 3.8) is 0 Å². The van der Waals surface area contributed by atoms with Crippen LogP contribution in [0.2, 0.25) is 0 Å². The number of carbonyl (C=O) groups is 1. The summed E-state index contributed by atoms with van der Waals surface area (Å²) in [5, 5.41) is 14.3. The third-order valence-corrected chi connectivity index (χ3v) is 2.85. The summed E-state index contributed by atoms with van der Waals surface area (Å²) in [6.07, 6.45) is 1.25. The van der Waals surface area contributed by atoms with Gasteiger partial charge in [0, 0.05) is 11.3 Å². The zero-order valence-electron chi connectivity index (χ0n) is 12.0. The molecule has 0 heterocycles. The van der Waals surface area contributed by atoms with Crippen LogP contribution in [0.4, 0.5) is 5.69 Å².